The van der Waals surface area contributed by atoms with Gasteiger partial charge in [0, 0.05) is 10.6 Å². The zero-order valence-electron chi connectivity index (χ0n) is 8.97. The standard InChI is InChI=1S/C11H9Cl2N3O/c1-7(16-6-14-5-15-16)11(17)9-3-2-8(12)4-10(9)13/h2-7H,1H3/t7-/m0/s1. The molecule has 4 nitrogen and oxygen atoms in total. The molecule has 0 aliphatic carbocycles. The summed E-state index contributed by atoms with van der Waals surface area (Å²) >= 11 is 11.8. The summed E-state index contributed by atoms with van der Waals surface area (Å²) in [6, 6.07) is 4.34. The van der Waals surface area contributed by atoms with E-state index in [1.165, 1.54) is 17.3 Å². The largest absolute Gasteiger partial charge is 0.292 e. The number of ketones is 1. The number of carbonyl (C=O) groups excluding carboxylic acids is 1. The predicted molar refractivity (Wildman–Crippen MR) is 65.5 cm³/mol. The summed E-state index contributed by atoms with van der Waals surface area (Å²) in [5, 5.41) is 4.77. The van der Waals surface area contributed by atoms with Crippen molar-refractivity contribution in [2.45, 2.75) is 13.0 Å². The van der Waals surface area contributed by atoms with E-state index in [-0.39, 0.29) is 5.78 Å². The van der Waals surface area contributed by atoms with Crippen molar-refractivity contribution in [3.63, 3.8) is 0 Å². The third-order valence-electron chi connectivity index (χ3n) is 2.41. The lowest BCUT2D eigenvalue weighted by molar-refractivity contribution is 0.0928. The lowest BCUT2D eigenvalue weighted by Gasteiger charge is -2.11. The molecule has 0 radical (unpaired) electrons. The van der Waals surface area contributed by atoms with Crippen molar-refractivity contribution in [1.29, 1.82) is 0 Å². The number of halogens is 2. The van der Waals surface area contributed by atoms with Crippen LogP contribution < -0.4 is 0 Å². The van der Waals surface area contributed by atoms with Crippen LogP contribution in [0, 0.1) is 0 Å². The van der Waals surface area contributed by atoms with Crippen LogP contribution >= 0.6 is 23.2 Å². The minimum Gasteiger partial charge on any atom is -0.292 e. The van der Waals surface area contributed by atoms with E-state index in [1.807, 2.05) is 0 Å². The van der Waals surface area contributed by atoms with E-state index in [2.05, 4.69) is 10.1 Å². The quantitative estimate of drug-likeness (QED) is 0.805. The molecular weight excluding hydrogens is 261 g/mol. The first-order valence-electron chi connectivity index (χ1n) is 4.93. The van der Waals surface area contributed by atoms with Crippen LogP contribution in [0.2, 0.25) is 10.0 Å². The van der Waals surface area contributed by atoms with Gasteiger partial charge in [-0.3, -0.25) is 4.79 Å². The fourth-order valence-corrected chi connectivity index (χ4v) is 1.95. The zero-order valence-corrected chi connectivity index (χ0v) is 10.5. The van der Waals surface area contributed by atoms with Gasteiger partial charge in [-0.25, -0.2) is 9.67 Å². The predicted octanol–water partition coefficient (Wildman–Crippen LogP) is 3.03. The third-order valence-corrected chi connectivity index (χ3v) is 2.96. The molecular formula is C11H9Cl2N3O. The second-order valence-corrected chi connectivity index (χ2v) is 4.38. The molecule has 6 heteroatoms. The number of Topliss-reactive ketones (excluding diaryl/α,β-unsaturated/α-hetero) is 1. The van der Waals surface area contributed by atoms with Crippen LogP contribution in [0.4, 0.5) is 0 Å². The SMILES string of the molecule is C[C@@H](C(=O)c1ccc(Cl)cc1Cl)n1cncn1. The van der Waals surface area contributed by atoms with E-state index in [0.29, 0.717) is 15.6 Å². The molecule has 1 aromatic heterocycles. The molecule has 17 heavy (non-hydrogen) atoms. The molecule has 0 saturated carbocycles. The van der Waals surface area contributed by atoms with Crippen molar-refractivity contribution in [3.05, 3.63) is 46.5 Å². The molecule has 2 aromatic rings. The van der Waals surface area contributed by atoms with Gasteiger partial charge in [0.2, 0.25) is 0 Å². The maximum Gasteiger partial charge on any atom is 0.188 e. The highest BCUT2D eigenvalue weighted by atomic mass is 35.5. The normalized spacial score (nSPS) is 12.4. The lowest BCUT2D eigenvalue weighted by atomic mass is 10.1. The average Bonchev–Trinajstić information content (AvgIpc) is 2.80. The van der Waals surface area contributed by atoms with Crippen molar-refractivity contribution in [1.82, 2.24) is 14.8 Å². The second-order valence-electron chi connectivity index (χ2n) is 3.54. The van der Waals surface area contributed by atoms with Crippen molar-refractivity contribution in [2.75, 3.05) is 0 Å². The highest BCUT2D eigenvalue weighted by molar-refractivity contribution is 6.36. The summed E-state index contributed by atoms with van der Waals surface area (Å²) in [5.74, 6) is -0.128. The maximum absolute atomic E-state index is 12.2. The molecule has 1 heterocycles. The van der Waals surface area contributed by atoms with Gasteiger partial charge >= 0.3 is 0 Å². The number of carbonyl (C=O) groups is 1. The Bertz CT molecular complexity index is 540. The summed E-state index contributed by atoms with van der Waals surface area (Å²) in [5.41, 5.74) is 0.430. The first kappa shape index (κ1) is 12.1. The summed E-state index contributed by atoms with van der Waals surface area (Å²) in [4.78, 5) is 16.0. The molecule has 0 aliphatic heterocycles. The van der Waals surface area contributed by atoms with Crippen LogP contribution in [0.5, 0.6) is 0 Å². The summed E-state index contributed by atoms with van der Waals surface area (Å²) in [6.07, 6.45) is 2.87. The summed E-state index contributed by atoms with van der Waals surface area (Å²) in [6.45, 7) is 1.74. The lowest BCUT2D eigenvalue weighted by Crippen LogP contribution is -2.17. The van der Waals surface area contributed by atoms with Crippen LogP contribution in [0.3, 0.4) is 0 Å². The molecule has 2 rings (SSSR count). The van der Waals surface area contributed by atoms with Crippen LogP contribution in [-0.4, -0.2) is 20.5 Å². The molecule has 0 saturated heterocycles. The van der Waals surface area contributed by atoms with E-state index in [4.69, 9.17) is 23.2 Å². The Hall–Kier alpha value is -1.39. The molecule has 0 unspecified atom stereocenters. The van der Waals surface area contributed by atoms with Gasteiger partial charge in [-0.05, 0) is 25.1 Å². The highest BCUT2D eigenvalue weighted by Crippen LogP contribution is 2.24. The molecule has 0 N–H and O–H groups in total. The monoisotopic (exact) mass is 269 g/mol. The number of rotatable bonds is 3. The van der Waals surface area contributed by atoms with Crippen LogP contribution in [0.1, 0.15) is 23.3 Å². The molecule has 0 amide bonds. The molecule has 88 valence electrons. The number of hydrogen-bond donors (Lipinski definition) is 0. The Morgan fingerprint density at radius 2 is 2.18 bits per heavy atom. The topological polar surface area (TPSA) is 47.8 Å². The van der Waals surface area contributed by atoms with E-state index >= 15 is 0 Å². The fraction of sp³-hybridized carbons (Fsp3) is 0.182. The Balaban J connectivity index is 2.31. The van der Waals surface area contributed by atoms with Gasteiger partial charge in [0.1, 0.15) is 18.7 Å². The Labute approximate surface area is 108 Å². The maximum atomic E-state index is 12.2. The van der Waals surface area contributed by atoms with Gasteiger partial charge in [-0.15, -0.1) is 0 Å². The third kappa shape index (κ3) is 2.48. The first-order chi connectivity index (χ1) is 8.09. The van der Waals surface area contributed by atoms with E-state index in [9.17, 15) is 4.79 Å². The smallest absolute Gasteiger partial charge is 0.188 e. The second kappa shape index (κ2) is 4.85. The molecule has 0 fully saturated rings. The molecule has 0 spiro atoms. The van der Waals surface area contributed by atoms with Crippen LogP contribution in [0.25, 0.3) is 0 Å². The molecule has 1 atom stereocenters. The first-order valence-corrected chi connectivity index (χ1v) is 5.68. The average molecular weight is 270 g/mol. The van der Waals surface area contributed by atoms with Gasteiger partial charge in [0.15, 0.2) is 5.78 Å². The van der Waals surface area contributed by atoms with Gasteiger partial charge in [-0.1, -0.05) is 23.2 Å². The number of benzene rings is 1. The van der Waals surface area contributed by atoms with Gasteiger partial charge in [0.05, 0.1) is 5.02 Å². The highest BCUT2D eigenvalue weighted by Gasteiger charge is 2.19. The Kier molecular flexibility index (Phi) is 3.45. The van der Waals surface area contributed by atoms with Crippen LogP contribution in [-0.2, 0) is 0 Å². The Morgan fingerprint density at radius 1 is 1.41 bits per heavy atom. The van der Waals surface area contributed by atoms with E-state index in [0.717, 1.165) is 0 Å². The number of hydrogen-bond acceptors (Lipinski definition) is 3. The zero-order chi connectivity index (χ0) is 12.4. The Morgan fingerprint density at radius 3 is 2.76 bits per heavy atom. The van der Waals surface area contributed by atoms with Crippen molar-refractivity contribution >= 4 is 29.0 Å². The number of aromatic nitrogens is 3. The molecule has 0 bridgehead atoms. The minimum atomic E-state index is -0.448. The van der Waals surface area contributed by atoms with Gasteiger partial charge < -0.3 is 0 Å². The van der Waals surface area contributed by atoms with Gasteiger partial charge in [0.25, 0.3) is 0 Å². The summed E-state index contributed by atoms with van der Waals surface area (Å²) < 4.78 is 1.48. The van der Waals surface area contributed by atoms with E-state index < -0.39 is 6.04 Å². The fourth-order valence-electron chi connectivity index (χ4n) is 1.45. The van der Waals surface area contributed by atoms with Crippen LogP contribution in [0.15, 0.2) is 30.9 Å². The summed E-state index contributed by atoms with van der Waals surface area (Å²) in [7, 11) is 0. The van der Waals surface area contributed by atoms with Crippen molar-refractivity contribution in [3.8, 4) is 0 Å². The van der Waals surface area contributed by atoms with E-state index in [1.54, 1.807) is 25.1 Å². The molecule has 0 aliphatic rings. The van der Waals surface area contributed by atoms with Crippen molar-refractivity contribution in [2.24, 2.45) is 0 Å². The molecule has 1 aromatic carbocycles. The number of nitrogens with zero attached hydrogens (tertiary/aromatic N) is 3. The van der Waals surface area contributed by atoms with Gasteiger partial charge in [-0.2, -0.15) is 5.10 Å². The minimum absolute atomic E-state index is 0.128. The van der Waals surface area contributed by atoms with Crippen molar-refractivity contribution < 1.29 is 4.79 Å².